The third-order valence-electron chi connectivity index (χ3n) is 5.67. The molecule has 1 aromatic rings. The quantitative estimate of drug-likeness (QED) is 0.282. The Hall–Kier alpha value is -0.910. The number of aliphatic imine (C=N–C) groups is 1. The number of primary sulfonamides is 1. The highest BCUT2D eigenvalue weighted by Crippen LogP contribution is 2.26. The van der Waals surface area contributed by atoms with Crippen LogP contribution < -0.4 is 15.8 Å². The summed E-state index contributed by atoms with van der Waals surface area (Å²) < 4.78 is 22.7. The van der Waals surface area contributed by atoms with Gasteiger partial charge in [-0.3, -0.25) is 9.89 Å². The molecular formula is C20H34IN5O2S. The number of rotatable bonds is 7. The van der Waals surface area contributed by atoms with Crippen LogP contribution in [0.5, 0.6) is 0 Å². The molecule has 0 radical (unpaired) electrons. The van der Waals surface area contributed by atoms with Crippen LogP contribution in [0.25, 0.3) is 0 Å². The molecule has 0 amide bonds. The van der Waals surface area contributed by atoms with Crippen LogP contribution in [0.2, 0.25) is 0 Å². The van der Waals surface area contributed by atoms with Crippen molar-refractivity contribution in [2.45, 2.75) is 62.4 Å². The second kappa shape index (κ2) is 11.5. The van der Waals surface area contributed by atoms with Crippen molar-refractivity contribution in [1.29, 1.82) is 0 Å². The Morgan fingerprint density at radius 3 is 2.52 bits per heavy atom. The van der Waals surface area contributed by atoms with Gasteiger partial charge in [0.2, 0.25) is 10.0 Å². The Kier molecular flexibility index (Phi) is 9.64. The Morgan fingerprint density at radius 1 is 1.21 bits per heavy atom. The molecule has 7 nitrogen and oxygen atoms in total. The summed E-state index contributed by atoms with van der Waals surface area (Å²) in [6.07, 6.45) is 7.37. The number of sulfonamides is 1. The highest BCUT2D eigenvalue weighted by molar-refractivity contribution is 14.0. The van der Waals surface area contributed by atoms with Crippen LogP contribution in [0.15, 0.2) is 34.2 Å². The van der Waals surface area contributed by atoms with E-state index in [1.165, 1.54) is 32.2 Å². The van der Waals surface area contributed by atoms with Gasteiger partial charge in [0.05, 0.1) is 4.90 Å². The number of hydrogen-bond donors (Lipinski definition) is 3. The van der Waals surface area contributed by atoms with Gasteiger partial charge in [-0.2, -0.15) is 0 Å². The highest BCUT2D eigenvalue weighted by Gasteiger charge is 2.30. The van der Waals surface area contributed by atoms with Gasteiger partial charge in [-0.15, -0.1) is 24.0 Å². The molecule has 1 aromatic carbocycles. The third-order valence-corrected chi connectivity index (χ3v) is 6.60. The second-order valence-corrected chi connectivity index (χ2v) is 9.32. The molecule has 1 unspecified atom stereocenters. The molecular weight excluding hydrogens is 501 g/mol. The molecule has 29 heavy (non-hydrogen) atoms. The summed E-state index contributed by atoms with van der Waals surface area (Å²) in [5.41, 5.74) is 1.04. The van der Waals surface area contributed by atoms with Crippen LogP contribution in [0.3, 0.4) is 0 Å². The minimum atomic E-state index is -3.64. The smallest absolute Gasteiger partial charge is 0.238 e. The van der Waals surface area contributed by atoms with E-state index >= 15 is 0 Å². The van der Waals surface area contributed by atoms with Crippen LogP contribution in [-0.4, -0.2) is 57.5 Å². The standard InChI is InChI=1S/C20H33N5O2S.HI/c1-2-22-20(24-17-12-14-25(15-17)18-5-3-4-6-18)23-13-11-16-7-9-19(10-8-16)28(21,26)27;/h7-10,17-18H,2-6,11-15H2,1H3,(H2,21,26,27)(H2,22,23,24);1H. The molecule has 164 valence electrons. The molecule has 1 heterocycles. The summed E-state index contributed by atoms with van der Waals surface area (Å²) in [6, 6.07) is 7.93. The van der Waals surface area contributed by atoms with E-state index in [2.05, 4.69) is 22.5 Å². The fourth-order valence-corrected chi connectivity index (χ4v) is 4.68. The number of benzene rings is 1. The molecule has 4 N–H and O–H groups in total. The molecule has 2 fully saturated rings. The lowest BCUT2D eigenvalue weighted by molar-refractivity contribution is 0.242. The zero-order valence-corrected chi connectivity index (χ0v) is 20.3. The SMILES string of the molecule is CCNC(=NCCc1ccc(S(N)(=O)=O)cc1)NC1CCN(C2CCCC2)C1.I. The number of guanidine groups is 1. The first kappa shape index (κ1) is 24.4. The topological polar surface area (TPSA) is 99.8 Å². The lowest BCUT2D eigenvalue weighted by atomic mass is 10.1. The summed E-state index contributed by atoms with van der Waals surface area (Å²) in [4.78, 5) is 7.48. The van der Waals surface area contributed by atoms with Crippen LogP contribution in [0.4, 0.5) is 0 Å². The molecule has 0 spiro atoms. The highest BCUT2D eigenvalue weighted by atomic mass is 127. The van der Waals surface area contributed by atoms with E-state index in [0.29, 0.717) is 12.6 Å². The minimum absolute atomic E-state index is 0. The second-order valence-electron chi connectivity index (χ2n) is 7.76. The van der Waals surface area contributed by atoms with E-state index in [-0.39, 0.29) is 28.9 Å². The Labute approximate surface area is 192 Å². The first-order chi connectivity index (χ1) is 13.5. The van der Waals surface area contributed by atoms with E-state index in [4.69, 9.17) is 10.1 Å². The van der Waals surface area contributed by atoms with Gasteiger partial charge < -0.3 is 10.6 Å². The summed E-state index contributed by atoms with van der Waals surface area (Å²) in [7, 11) is -3.64. The number of nitrogens with one attached hydrogen (secondary N) is 2. The summed E-state index contributed by atoms with van der Waals surface area (Å²) in [5, 5.41) is 12.1. The zero-order valence-electron chi connectivity index (χ0n) is 17.1. The summed E-state index contributed by atoms with van der Waals surface area (Å²) in [5.74, 6) is 0.863. The molecule has 2 aliphatic rings. The molecule has 1 aliphatic heterocycles. The van der Waals surface area contributed by atoms with Crippen molar-refractivity contribution in [1.82, 2.24) is 15.5 Å². The molecule has 1 atom stereocenters. The maximum absolute atomic E-state index is 11.3. The molecule has 3 rings (SSSR count). The van der Waals surface area contributed by atoms with Gasteiger partial charge in [0.1, 0.15) is 0 Å². The summed E-state index contributed by atoms with van der Waals surface area (Å²) >= 11 is 0. The molecule has 1 aliphatic carbocycles. The van der Waals surface area contributed by atoms with Gasteiger partial charge in [0.15, 0.2) is 5.96 Å². The monoisotopic (exact) mass is 535 g/mol. The van der Waals surface area contributed by atoms with Gasteiger partial charge in [0.25, 0.3) is 0 Å². The largest absolute Gasteiger partial charge is 0.357 e. The first-order valence-electron chi connectivity index (χ1n) is 10.4. The van der Waals surface area contributed by atoms with Crippen molar-refractivity contribution in [3.63, 3.8) is 0 Å². The van der Waals surface area contributed by atoms with E-state index < -0.39 is 10.0 Å². The number of halogens is 1. The average molecular weight is 535 g/mol. The van der Waals surface area contributed by atoms with E-state index in [9.17, 15) is 8.42 Å². The zero-order chi connectivity index (χ0) is 20.0. The number of hydrogen-bond acceptors (Lipinski definition) is 4. The fraction of sp³-hybridized carbons (Fsp3) is 0.650. The predicted molar refractivity (Wildman–Crippen MR) is 128 cm³/mol. The lowest BCUT2D eigenvalue weighted by Crippen LogP contribution is -2.45. The van der Waals surface area contributed by atoms with Crippen molar-refractivity contribution in [2.24, 2.45) is 10.1 Å². The van der Waals surface area contributed by atoms with Crippen LogP contribution >= 0.6 is 24.0 Å². The predicted octanol–water partition coefficient (Wildman–Crippen LogP) is 2.07. The van der Waals surface area contributed by atoms with Crippen molar-refractivity contribution < 1.29 is 8.42 Å². The molecule has 0 aromatic heterocycles. The van der Waals surface area contributed by atoms with Crippen LogP contribution in [-0.2, 0) is 16.4 Å². The maximum Gasteiger partial charge on any atom is 0.238 e. The molecule has 9 heteroatoms. The number of nitrogens with two attached hydrogens (primary N) is 1. The minimum Gasteiger partial charge on any atom is -0.357 e. The Balaban J connectivity index is 0.00000300. The lowest BCUT2D eigenvalue weighted by Gasteiger charge is -2.24. The van der Waals surface area contributed by atoms with Crippen molar-refractivity contribution in [3.8, 4) is 0 Å². The van der Waals surface area contributed by atoms with E-state index in [1.807, 2.05) is 0 Å². The van der Waals surface area contributed by atoms with Crippen LogP contribution in [0.1, 0.15) is 44.6 Å². The Bertz CT molecular complexity index is 764. The molecule has 1 saturated carbocycles. The number of likely N-dealkylation sites (tertiary alicyclic amines) is 1. The third kappa shape index (κ3) is 7.37. The first-order valence-corrected chi connectivity index (χ1v) is 11.9. The van der Waals surface area contributed by atoms with Crippen molar-refractivity contribution >= 4 is 40.0 Å². The Morgan fingerprint density at radius 2 is 1.90 bits per heavy atom. The summed E-state index contributed by atoms with van der Waals surface area (Å²) in [6.45, 7) is 5.82. The average Bonchev–Trinajstić information content (AvgIpc) is 3.33. The van der Waals surface area contributed by atoms with Gasteiger partial charge >= 0.3 is 0 Å². The van der Waals surface area contributed by atoms with Crippen LogP contribution in [0, 0.1) is 0 Å². The van der Waals surface area contributed by atoms with E-state index in [1.54, 1.807) is 24.3 Å². The number of nitrogens with zero attached hydrogens (tertiary/aromatic N) is 2. The van der Waals surface area contributed by atoms with Crippen molar-refractivity contribution in [3.05, 3.63) is 29.8 Å². The molecule has 0 bridgehead atoms. The van der Waals surface area contributed by atoms with Gasteiger partial charge in [0, 0.05) is 38.3 Å². The van der Waals surface area contributed by atoms with Gasteiger partial charge in [-0.05, 0) is 50.3 Å². The van der Waals surface area contributed by atoms with Gasteiger partial charge in [-0.25, -0.2) is 13.6 Å². The van der Waals surface area contributed by atoms with Crippen molar-refractivity contribution in [2.75, 3.05) is 26.2 Å². The normalized spacial score (nSPS) is 21.2. The molecule has 1 saturated heterocycles. The fourth-order valence-electron chi connectivity index (χ4n) is 4.16. The van der Waals surface area contributed by atoms with Gasteiger partial charge in [-0.1, -0.05) is 25.0 Å². The van der Waals surface area contributed by atoms with E-state index in [0.717, 1.165) is 43.5 Å². The maximum atomic E-state index is 11.3.